The molecule has 1 aliphatic heterocycles. The predicted molar refractivity (Wildman–Crippen MR) is 96.6 cm³/mol. The molecule has 0 radical (unpaired) electrons. The van der Waals surface area contributed by atoms with Crippen molar-refractivity contribution >= 4 is 44.3 Å². The molecule has 0 saturated carbocycles. The third kappa shape index (κ3) is 3.58. The lowest BCUT2D eigenvalue weighted by molar-refractivity contribution is -0.145. The van der Waals surface area contributed by atoms with Crippen molar-refractivity contribution in [1.29, 1.82) is 0 Å². The van der Waals surface area contributed by atoms with E-state index in [0.29, 0.717) is 21.2 Å². The number of cyclic esters (lactones) is 1. The summed E-state index contributed by atoms with van der Waals surface area (Å²) in [5, 5.41) is 2.69. The Morgan fingerprint density at radius 1 is 1.20 bits per heavy atom. The second kappa shape index (κ2) is 6.16. The SMILES string of the molecule is CC1(C)OC(=O)C(Oc2cc(Cl)cs2)=C1c1ccc(S(C)(=O)=O)cc1. The summed E-state index contributed by atoms with van der Waals surface area (Å²) >= 11 is 7.16. The molecule has 0 amide bonds. The van der Waals surface area contributed by atoms with Crippen LogP contribution < -0.4 is 4.74 Å². The Morgan fingerprint density at radius 3 is 2.36 bits per heavy atom. The lowest BCUT2D eigenvalue weighted by atomic mass is 9.92. The van der Waals surface area contributed by atoms with E-state index in [0.717, 1.165) is 6.26 Å². The zero-order chi connectivity index (χ0) is 18.4. The Kier molecular flexibility index (Phi) is 4.43. The van der Waals surface area contributed by atoms with Crippen molar-refractivity contribution in [3.63, 3.8) is 0 Å². The quantitative estimate of drug-likeness (QED) is 0.730. The summed E-state index contributed by atoms with van der Waals surface area (Å²) in [7, 11) is -3.30. The molecule has 0 fully saturated rings. The van der Waals surface area contributed by atoms with Gasteiger partial charge >= 0.3 is 5.97 Å². The zero-order valence-electron chi connectivity index (χ0n) is 13.7. The minimum absolute atomic E-state index is 0.0793. The number of thiophene rings is 1. The normalized spacial score (nSPS) is 16.9. The molecule has 25 heavy (non-hydrogen) atoms. The number of carbonyl (C=O) groups excluding carboxylic acids is 1. The molecule has 1 aliphatic rings. The number of hydrogen-bond acceptors (Lipinski definition) is 6. The van der Waals surface area contributed by atoms with Crippen molar-refractivity contribution in [2.24, 2.45) is 0 Å². The number of rotatable bonds is 4. The smallest absolute Gasteiger partial charge is 0.375 e. The molecular formula is C17H15ClO5S2. The second-order valence-electron chi connectivity index (χ2n) is 6.09. The van der Waals surface area contributed by atoms with Gasteiger partial charge in [-0.25, -0.2) is 13.2 Å². The van der Waals surface area contributed by atoms with E-state index >= 15 is 0 Å². The first kappa shape index (κ1) is 18.0. The molecule has 0 bridgehead atoms. The molecule has 132 valence electrons. The number of hydrogen-bond donors (Lipinski definition) is 0. The molecule has 0 aliphatic carbocycles. The van der Waals surface area contributed by atoms with Crippen LogP contribution in [0.1, 0.15) is 19.4 Å². The molecule has 1 aromatic carbocycles. The molecule has 2 aromatic rings. The maximum Gasteiger partial charge on any atom is 0.375 e. The molecule has 5 nitrogen and oxygen atoms in total. The van der Waals surface area contributed by atoms with Crippen LogP contribution in [0.15, 0.2) is 46.4 Å². The fraction of sp³-hybridized carbons (Fsp3) is 0.235. The van der Waals surface area contributed by atoms with E-state index in [-0.39, 0.29) is 10.7 Å². The first-order chi connectivity index (χ1) is 11.6. The largest absolute Gasteiger partial charge is 0.449 e. The number of sulfone groups is 1. The monoisotopic (exact) mass is 398 g/mol. The van der Waals surface area contributed by atoms with E-state index in [1.54, 1.807) is 37.4 Å². The second-order valence-corrected chi connectivity index (χ2v) is 9.41. The zero-order valence-corrected chi connectivity index (χ0v) is 16.1. The Bertz CT molecular complexity index is 969. The van der Waals surface area contributed by atoms with E-state index in [1.165, 1.54) is 23.5 Å². The number of halogens is 1. The van der Waals surface area contributed by atoms with Crippen molar-refractivity contribution in [3.8, 4) is 5.06 Å². The van der Waals surface area contributed by atoms with Crippen LogP contribution in [0.25, 0.3) is 5.57 Å². The Labute approximate surface area is 154 Å². The molecular weight excluding hydrogens is 384 g/mol. The molecule has 0 unspecified atom stereocenters. The van der Waals surface area contributed by atoms with E-state index in [2.05, 4.69) is 0 Å². The topological polar surface area (TPSA) is 69.7 Å². The summed E-state index contributed by atoms with van der Waals surface area (Å²) in [4.78, 5) is 12.5. The van der Waals surface area contributed by atoms with E-state index in [1.807, 2.05) is 0 Å². The van der Waals surface area contributed by atoms with Crippen LogP contribution in [-0.4, -0.2) is 26.2 Å². The summed E-state index contributed by atoms with van der Waals surface area (Å²) < 4.78 is 34.4. The number of benzene rings is 1. The highest BCUT2D eigenvalue weighted by Gasteiger charge is 2.43. The number of ether oxygens (including phenoxy) is 2. The first-order valence-electron chi connectivity index (χ1n) is 7.28. The van der Waals surface area contributed by atoms with Gasteiger partial charge in [0.05, 0.1) is 15.5 Å². The summed E-state index contributed by atoms with van der Waals surface area (Å²) in [6.07, 6.45) is 1.14. The van der Waals surface area contributed by atoms with Crippen LogP contribution in [0.5, 0.6) is 5.06 Å². The summed E-state index contributed by atoms with van der Waals surface area (Å²) in [6.45, 7) is 3.50. The maximum atomic E-state index is 12.3. The molecule has 3 rings (SSSR count). The van der Waals surface area contributed by atoms with Crippen LogP contribution in [0.2, 0.25) is 5.02 Å². The minimum atomic E-state index is -3.30. The molecule has 8 heteroatoms. The van der Waals surface area contributed by atoms with Crippen LogP contribution >= 0.6 is 22.9 Å². The van der Waals surface area contributed by atoms with Crippen molar-refractivity contribution in [3.05, 3.63) is 52.1 Å². The Hall–Kier alpha value is -1.83. The van der Waals surface area contributed by atoms with E-state index < -0.39 is 21.4 Å². The van der Waals surface area contributed by atoms with Gasteiger partial charge in [0.25, 0.3) is 0 Å². The molecule has 1 aromatic heterocycles. The van der Waals surface area contributed by atoms with Crippen LogP contribution in [0, 0.1) is 0 Å². The fourth-order valence-corrected chi connectivity index (χ4v) is 4.15. The van der Waals surface area contributed by atoms with Gasteiger partial charge < -0.3 is 9.47 Å². The van der Waals surface area contributed by atoms with Gasteiger partial charge in [0.2, 0.25) is 5.76 Å². The van der Waals surface area contributed by atoms with Crippen LogP contribution in [0.4, 0.5) is 0 Å². The Balaban J connectivity index is 2.08. The van der Waals surface area contributed by atoms with Gasteiger partial charge in [-0.2, -0.15) is 0 Å². The summed E-state index contributed by atoms with van der Waals surface area (Å²) in [6, 6.07) is 7.88. The Morgan fingerprint density at radius 2 is 1.84 bits per heavy atom. The molecule has 0 spiro atoms. The summed E-state index contributed by atoms with van der Waals surface area (Å²) in [5.74, 6) is -0.493. The highest BCUT2D eigenvalue weighted by molar-refractivity contribution is 7.90. The lowest BCUT2D eigenvalue weighted by Crippen LogP contribution is -2.22. The number of carbonyl (C=O) groups is 1. The molecule has 2 heterocycles. The van der Waals surface area contributed by atoms with Crippen LogP contribution in [0.3, 0.4) is 0 Å². The van der Waals surface area contributed by atoms with Crippen LogP contribution in [-0.2, 0) is 19.4 Å². The minimum Gasteiger partial charge on any atom is -0.449 e. The van der Waals surface area contributed by atoms with Gasteiger partial charge in [0, 0.05) is 17.7 Å². The van der Waals surface area contributed by atoms with Gasteiger partial charge in [-0.1, -0.05) is 23.7 Å². The van der Waals surface area contributed by atoms with E-state index in [9.17, 15) is 13.2 Å². The predicted octanol–water partition coefficient (Wildman–Crippen LogP) is 3.93. The van der Waals surface area contributed by atoms with Gasteiger partial charge in [0.1, 0.15) is 5.60 Å². The highest BCUT2D eigenvalue weighted by atomic mass is 35.5. The molecule has 0 N–H and O–H groups in total. The van der Waals surface area contributed by atoms with Gasteiger partial charge in [-0.15, -0.1) is 11.3 Å². The molecule has 0 atom stereocenters. The van der Waals surface area contributed by atoms with Gasteiger partial charge in [-0.3, -0.25) is 0 Å². The highest BCUT2D eigenvalue weighted by Crippen LogP contribution is 2.41. The van der Waals surface area contributed by atoms with E-state index in [4.69, 9.17) is 21.1 Å². The third-order valence-corrected chi connectivity index (χ3v) is 5.96. The molecule has 0 saturated heterocycles. The van der Waals surface area contributed by atoms with Crippen molar-refractivity contribution < 1.29 is 22.7 Å². The maximum absolute atomic E-state index is 12.3. The lowest BCUT2D eigenvalue weighted by Gasteiger charge is -2.21. The third-order valence-electron chi connectivity index (χ3n) is 3.68. The standard InChI is InChI=1S/C17H15ClO5S2/c1-17(2)14(10-4-6-12(7-5-10)25(3,20)21)15(16(19)23-17)22-13-8-11(18)9-24-13/h4-9H,1-3H3. The van der Waals surface area contributed by atoms with Crippen molar-refractivity contribution in [2.45, 2.75) is 24.3 Å². The first-order valence-corrected chi connectivity index (χ1v) is 10.4. The fourth-order valence-electron chi connectivity index (χ4n) is 2.59. The van der Waals surface area contributed by atoms with Gasteiger partial charge in [-0.05, 0) is 31.5 Å². The van der Waals surface area contributed by atoms with Gasteiger partial charge in [0.15, 0.2) is 14.9 Å². The van der Waals surface area contributed by atoms with Crippen molar-refractivity contribution in [2.75, 3.05) is 6.26 Å². The van der Waals surface area contributed by atoms with Crippen molar-refractivity contribution in [1.82, 2.24) is 0 Å². The average Bonchev–Trinajstić information content (AvgIpc) is 2.99. The number of esters is 1. The summed E-state index contributed by atoms with van der Waals surface area (Å²) in [5.41, 5.74) is 0.308. The average molecular weight is 399 g/mol.